The van der Waals surface area contributed by atoms with Crippen molar-refractivity contribution in [3.8, 4) is 5.75 Å². The van der Waals surface area contributed by atoms with E-state index in [9.17, 15) is 0 Å². The Labute approximate surface area is 119 Å². The molecule has 3 nitrogen and oxygen atoms in total. The monoisotopic (exact) mass is 326 g/mol. The third-order valence-electron chi connectivity index (χ3n) is 2.46. The molecule has 0 saturated heterocycles. The van der Waals surface area contributed by atoms with Crippen molar-refractivity contribution in [3.63, 3.8) is 0 Å². The molecule has 0 aliphatic heterocycles. The molecule has 18 heavy (non-hydrogen) atoms. The van der Waals surface area contributed by atoms with Gasteiger partial charge in [-0.3, -0.25) is 0 Å². The fourth-order valence-electron chi connectivity index (χ4n) is 1.60. The molecule has 96 valence electrons. The molecule has 0 spiro atoms. The van der Waals surface area contributed by atoms with E-state index in [1.165, 1.54) is 10.4 Å². The maximum Gasteiger partial charge on any atom is 0.183 e. The first kappa shape index (κ1) is 13.4. The number of thiazole rings is 1. The predicted octanol–water partition coefficient (Wildman–Crippen LogP) is 3.94. The van der Waals surface area contributed by atoms with Crippen LogP contribution in [0.25, 0.3) is 0 Å². The van der Waals surface area contributed by atoms with Crippen molar-refractivity contribution in [3.05, 3.63) is 39.3 Å². The number of benzene rings is 1. The van der Waals surface area contributed by atoms with Gasteiger partial charge >= 0.3 is 0 Å². The Bertz CT molecular complexity index is 510. The van der Waals surface area contributed by atoms with Gasteiger partial charge in [0.1, 0.15) is 10.4 Å². The van der Waals surface area contributed by atoms with Crippen molar-refractivity contribution >= 4 is 32.4 Å². The highest BCUT2D eigenvalue weighted by molar-refractivity contribution is 9.10. The largest absolute Gasteiger partial charge is 0.494 e. The summed E-state index contributed by atoms with van der Waals surface area (Å²) in [6.07, 6.45) is 0.881. The molecule has 0 aliphatic carbocycles. The number of ether oxygens (including phenoxy) is 1. The second kappa shape index (κ2) is 6.20. The summed E-state index contributed by atoms with van der Waals surface area (Å²) in [6, 6.07) is 8.20. The zero-order valence-corrected chi connectivity index (χ0v) is 12.8. The Morgan fingerprint density at radius 3 is 2.61 bits per heavy atom. The van der Waals surface area contributed by atoms with E-state index in [0.29, 0.717) is 6.61 Å². The van der Waals surface area contributed by atoms with Gasteiger partial charge in [-0.05, 0) is 40.5 Å². The third kappa shape index (κ3) is 3.23. The lowest BCUT2D eigenvalue weighted by Gasteiger charge is -2.04. The third-order valence-corrected chi connectivity index (χ3v) is 4.45. The SMILES string of the molecule is CCOc1ccc(Cc2sc(NC)nc2Br)cc1. The number of hydrogen-bond donors (Lipinski definition) is 1. The molecule has 0 saturated carbocycles. The Balaban J connectivity index is 2.10. The second-order valence-corrected chi connectivity index (χ2v) is 5.57. The van der Waals surface area contributed by atoms with Crippen molar-refractivity contribution in [1.82, 2.24) is 4.98 Å². The summed E-state index contributed by atoms with van der Waals surface area (Å²) in [5.74, 6) is 0.917. The van der Waals surface area contributed by atoms with E-state index in [-0.39, 0.29) is 0 Å². The summed E-state index contributed by atoms with van der Waals surface area (Å²) in [7, 11) is 1.88. The molecule has 0 bridgehead atoms. The molecule has 2 aromatic rings. The van der Waals surface area contributed by atoms with Gasteiger partial charge in [0.05, 0.1) is 6.61 Å². The summed E-state index contributed by atoms with van der Waals surface area (Å²) in [5.41, 5.74) is 1.26. The Morgan fingerprint density at radius 1 is 1.33 bits per heavy atom. The van der Waals surface area contributed by atoms with Crippen molar-refractivity contribution in [2.24, 2.45) is 0 Å². The van der Waals surface area contributed by atoms with Crippen molar-refractivity contribution < 1.29 is 4.74 Å². The molecule has 0 radical (unpaired) electrons. The van der Waals surface area contributed by atoms with Crippen LogP contribution in [0.3, 0.4) is 0 Å². The van der Waals surface area contributed by atoms with E-state index in [0.717, 1.165) is 21.9 Å². The van der Waals surface area contributed by atoms with Gasteiger partial charge in [-0.15, -0.1) is 11.3 Å². The molecule has 1 N–H and O–H groups in total. The summed E-state index contributed by atoms with van der Waals surface area (Å²) in [4.78, 5) is 5.60. The van der Waals surface area contributed by atoms with Gasteiger partial charge in [0.2, 0.25) is 0 Å². The number of anilines is 1. The van der Waals surface area contributed by atoms with Gasteiger partial charge in [-0.25, -0.2) is 4.98 Å². The Kier molecular flexibility index (Phi) is 4.60. The standard InChI is InChI=1S/C13H15BrN2OS/c1-3-17-10-6-4-9(5-7-10)8-11-12(14)16-13(15-2)18-11/h4-7H,3,8H2,1-2H3,(H,15,16). The molecule has 1 aromatic heterocycles. The van der Waals surface area contributed by atoms with E-state index in [2.05, 4.69) is 38.4 Å². The number of rotatable bonds is 5. The van der Waals surface area contributed by atoms with Gasteiger partial charge in [0.15, 0.2) is 5.13 Å². The summed E-state index contributed by atoms with van der Waals surface area (Å²) < 4.78 is 6.35. The van der Waals surface area contributed by atoms with E-state index in [1.54, 1.807) is 11.3 Å². The number of hydrogen-bond acceptors (Lipinski definition) is 4. The van der Waals surface area contributed by atoms with Gasteiger partial charge < -0.3 is 10.1 Å². The number of halogens is 1. The van der Waals surface area contributed by atoms with E-state index in [1.807, 2.05) is 26.1 Å². The number of nitrogens with zero attached hydrogens (tertiary/aromatic N) is 1. The first-order chi connectivity index (χ1) is 8.72. The first-order valence-corrected chi connectivity index (χ1v) is 7.38. The minimum atomic E-state index is 0.700. The van der Waals surface area contributed by atoms with Crippen LogP contribution >= 0.6 is 27.3 Å². The molecule has 1 aromatic carbocycles. The molecule has 0 amide bonds. The van der Waals surface area contributed by atoms with Gasteiger partial charge in [-0.1, -0.05) is 12.1 Å². The highest BCUT2D eigenvalue weighted by atomic mass is 79.9. The van der Waals surface area contributed by atoms with E-state index >= 15 is 0 Å². The molecular formula is C13H15BrN2OS. The van der Waals surface area contributed by atoms with Crippen LogP contribution in [0.4, 0.5) is 5.13 Å². The lowest BCUT2D eigenvalue weighted by molar-refractivity contribution is 0.340. The molecule has 0 unspecified atom stereocenters. The topological polar surface area (TPSA) is 34.1 Å². The lowest BCUT2D eigenvalue weighted by atomic mass is 10.1. The molecule has 0 atom stereocenters. The quantitative estimate of drug-likeness (QED) is 0.903. The van der Waals surface area contributed by atoms with Crippen LogP contribution in [-0.4, -0.2) is 18.6 Å². The maximum absolute atomic E-state index is 5.43. The Morgan fingerprint density at radius 2 is 2.06 bits per heavy atom. The maximum atomic E-state index is 5.43. The first-order valence-electron chi connectivity index (χ1n) is 5.77. The fourth-order valence-corrected chi connectivity index (χ4v) is 3.12. The van der Waals surface area contributed by atoms with Crippen LogP contribution in [0, 0.1) is 0 Å². The van der Waals surface area contributed by atoms with E-state index < -0.39 is 0 Å². The number of aromatic nitrogens is 1. The predicted molar refractivity (Wildman–Crippen MR) is 79.8 cm³/mol. The highest BCUT2D eigenvalue weighted by Crippen LogP contribution is 2.29. The molecule has 2 rings (SSSR count). The average Bonchev–Trinajstić information content (AvgIpc) is 2.73. The van der Waals surface area contributed by atoms with Crippen LogP contribution < -0.4 is 10.1 Å². The van der Waals surface area contributed by atoms with Gasteiger partial charge in [-0.2, -0.15) is 0 Å². The minimum absolute atomic E-state index is 0.700. The average molecular weight is 327 g/mol. The van der Waals surface area contributed by atoms with Crippen LogP contribution in [0.2, 0.25) is 0 Å². The van der Waals surface area contributed by atoms with Crippen LogP contribution in [0.1, 0.15) is 17.4 Å². The molecular weight excluding hydrogens is 312 g/mol. The molecule has 0 fully saturated rings. The van der Waals surface area contributed by atoms with Crippen LogP contribution in [-0.2, 0) is 6.42 Å². The zero-order chi connectivity index (χ0) is 13.0. The summed E-state index contributed by atoms with van der Waals surface area (Å²) in [5, 5.41) is 3.99. The summed E-state index contributed by atoms with van der Waals surface area (Å²) >= 11 is 5.16. The van der Waals surface area contributed by atoms with Crippen LogP contribution in [0.15, 0.2) is 28.9 Å². The van der Waals surface area contributed by atoms with Crippen LogP contribution in [0.5, 0.6) is 5.75 Å². The van der Waals surface area contributed by atoms with Gasteiger partial charge in [0.25, 0.3) is 0 Å². The molecule has 0 aliphatic rings. The smallest absolute Gasteiger partial charge is 0.183 e. The van der Waals surface area contributed by atoms with Crippen molar-refractivity contribution in [2.75, 3.05) is 19.0 Å². The molecule has 1 heterocycles. The van der Waals surface area contributed by atoms with Crippen molar-refractivity contribution in [2.45, 2.75) is 13.3 Å². The number of nitrogens with one attached hydrogen (secondary N) is 1. The highest BCUT2D eigenvalue weighted by Gasteiger charge is 2.08. The Hall–Kier alpha value is -1.07. The normalized spacial score (nSPS) is 10.4. The molecule has 5 heteroatoms. The fraction of sp³-hybridized carbons (Fsp3) is 0.308. The van der Waals surface area contributed by atoms with Crippen molar-refractivity contribution in [1.29, 1.82) is 0 Å². The lowest BCUT2D eigenvalue weighted by Crippen LogP contribution is -1.92. The minimum Gasteiger partial charge on any atom is -0.494 e. The second-order valence-electron chi connectivity index (χ2n) is 3.74. The van der Waals surface area contributed by atoms with Gasteiger partial charge in [0, 0.05) is 18.3 Å². The van der Waals surface area contributed by atoms with E-state index in [4.69, 9.17) is 4.74 Å². The summed E-state index contributed by atoms with van der Waals surface area (Å²) in [6.45, 7) is 2.69. The zero-order valence-electron chi connectivity index (χ0n) is 10.4.